The van der Waals surface area contributed by atoms with Crippen molar-refractivity contribution in [3.8, 4) is 0 Å². The third-order valence-electron chi connectivity index (χ3n) is 3.68. The second kappa shape index (κ2) is 9.31. The zero-order valence-electron chi connectivity index (χ0n) is 15.5. The number of rotatable bonds is 9. The van der Waals surface area contributed by atoms with Crippen LogP contribution in [0.1, 0.15) is 17.7 Å². The molecule has 11 heteroatoms. The van der Waals surface area contributed by atoms with E-state index in [1.54, 1.807) is 6.07 Å². The molecule has 0 aliphatic carbocycles. The first-order chi connectivity index (χ1) is 13.1. The van der Waals surface area contributed by atoms with E-state index in [0.717, 1.165) is 12.6 Å². The SMILES string of the molecule is CN(C)CCCNc1nc(NCc2cccc([N+](=O)[O-])c2)cc(C(F)(F)F)n1. The summed E-state index contributed by atoms with van der Waals surface area (Å²) in [6, 6.07) is 6.63. The highest BCUT2D eigenvalue weighted by Gasteiger charge is 2.33. The summed E-state index contributed by atoms with van der Waals surface area (Å²) in [5, 5.41) is 16.4. The quantitative estimate of drug-likeness (QED) is 0.380. The summed E-state index contributed by atoms with van der Waals surface area (Å²) in [6.45, 7) is 1.27. The lowest BCUT2D eigenvalue weighted by molar-refractivity contribution is -0.384. The van der Waals surface area contributed by atoms with Gasteiger partial charge in [-0.15, -0.1) is 0 Å². The summed E-state index contributed by atoms with van der Waals surface area (Å²) in [4.78, 5) is 19.8. The molecule has 1 heterocycles. The summed E-state index contributed by atoms with van der Waals surface area (Å²) in [5.74, 6) is -0.154. The lowest BCUT2D eigenvalue weighted by Crippen LogP contribution is -2.18. The van der Waals surface area contributed by atoms with E-state index < -0.39 is 16.8 Å². The number of nitro benzene ring substituents is 1. The number of nitrogens with one attached hydrogen (secondary N) is 2. The van der Waals surface area contributed by atoms with Gasteiger partial charge in [0.1, 0.15) is 5.82 Å². The zero-order valence-corrected chi connectivity index (χ0v) is 15.5. The van der Waals surface area contributed by atoms with Gasteiger partial charge in [-0.2, -0.15) is 18.2 Å². The third-order valence-corrected chi connectivity index (χ3v) is 3.68. The molecular formula is C17H21F3N6O2. The maximum Gasteiger partial charge on any atom is 0.433 e. The Morgan fingerprint density at radius 2 is 1.93 bits per heavy atom. The van der Waals surface area contributed by atoms with Crippen LogP contribution < -0.4 is 10.6 Å². The van der Waals surface area contributed by atoms with Crippen LogP contribution in [0, 0.1) is 10.1 Å². The van der Waals surface area contributed by atoms with Gasteiger partial charge in [-0.05, 0) is 32.6 Å². The molecule has 0 aliphatic heterocycles. The first-order valence-corrected chi connectivity index (χ1v) is 8.47. The number of aromatic nitrogens is 2. The highest BCUT2D eigenvalue weighted by atomic mass is 19.4. The molecule has 0 radical (unpaired) electrons. The molecule has 28 heavy (non-hydrogen) atoms. The van der Waals surface area contributed by atoms with Gasteiger partial charge < -0.3 is 15.5 Å². The van der Waals surface area contributed by atoms with Crippen LogP contribution in [-0.4, -0.2) is 47.0 Å². The summed E-state index contributed by atoms with van der Waals surface area (Å²) in [7, 11) is 3.80. The minimum absolute atomic E-state index is 0.0241. The maximum atomic E-state index is 13.1. The molecule has 2 rings (SSSR count). The van der Waals surface area contributed by atoms with Gasteiger partial charge >= 0.3 is 6.18 Å². The maximum absolute atomic E-state index is 13.1. The van der Waals surface area contributed by atoms with E-state index in [-0.39, 0.29) is 24.0 Å². The predicted octanol–water partition coefficient (Wildman–Crippen LogP) is 3.38. The van der Waals surface area contributed by atoms with Crippen LogP contribution in [0.2, 0.25) is 0 Å². The van der Waals surface area contributed by atoms with Crippen LogP contribution in [0.25, 0.3) is 0 Å². The number of non-ortho nitro benzene ring substituents is 1. The van der Waals surface area contributed by atoms with E-state index in [1.807, 2.05) is 19.0 Å². The molecule has 0 fully saturated rings. The van der Waals surface area contributed by atoms with Crippen LogP contribution in [0.4, 0.5) is 30.6 Å². The van der Waals surface area contributed by atoms with Gasteiger partial charge in [0, 0.05) is 31.3 Å². The van der Waals surface area contributed by atoms with Gasteiger partial charge in [-0.25, -0.2) is 4.98 Å². The molecule has 0 unspecified atom stereocenters. The van der Waals surface area contributed by atoms with E-state index in [0.29, 0.717) is 18.5 Å². The van der Waals surface area contributed by atoms with Crippen LogP contribution in [0.15, 0.2) is 30.3 Å². The first-order valence-electron chi connectivity index (χ1n) is 8.47. The molecule has 0 bridgehead atoms. The van der Waals surface area contributed by atoms with Crippen molar-refractivity contribution < 1.29 is 18.1 Å². The monoisotopic (exact) mass is 398 g/mol. The number of benzene rings is 1. The van der Waals surface area contributed by atoms with Crippen molar-refractivity contribution >= 4 is 17.5 Å². The molecule has 0 spiro atoms. The second-order valence-corrected chi connectivity index (χ2v) is 6.32. The number of hydrogen-bond acceptors (Lipinski definition) is 7. The molecule has 8 nitrogen and oxygen atoms in total. The first kappa shape index (κ1) is 21.4. The van der Waals surface area contributed by atoms with Crippen molar-refractivity contribution in [3.63, 3.8) is 0 Å². The topological polar surface area (TPSA) is 96.2 Å². The summed E-state index contributed by atoms with van der Waals surface area (Å²) in [6.07, 6.45) is -3.91. The molecule has 0 amide bonds. The van der Waals surface area contributed by atoms with Gasteiger partial charge in [0.15, 0.2) is 5.69 Å². The Bertz CT molecular complexity index is 814. The molecule has 0 saturated heterocycles. The van der Waals surface area contributed by atoms with Crippen LogP contribution in [0.5, 0.6) is 0 Å². The lowest BCUT2D eigenvalue weighted by atomic mass is 10.2. The Morgan fingerprint density at radius 1 is 1.18 bits per heavy atom. The third kappa shape index (κ3) is 6.65. The van der Waals surface area contributed by atoms with E-state index >= 15 is 0 Å². The molecule has 1 aromatic carbocycles. The smallest absolute Gasteiger partial charge is 0.366 e. The van der Waals surface area contributed by atoms with E-state index in [9.17, 15) is 23.3 Å². The van der Waals surface area contributed by atoms with Crippen molar-refractivity contribution in [2.45, 2.75) is 19.1 Å². The number of anilines is 2. The molecule has 2 N–H and O–H groups in total. The summed E-state index contributed by atoms with van der Waals surface area (Å²) >= 11 is 0. The minimum Gasteiger partial charge on any atom is -0.366 e. The van der Waals surface area contributed by atoms with Gasteiger partial charge in [0.2, 0.25) is 5.95 Å². The van der Waals surface area contributed by atoms with Gasteiger partial charge in [0.25, 0.3) is 5.69 Å². The van der Waals surface area contributed by atoms with Gasteiger partial charge in [0.05, 0.1) is 4.92 Å². The summed E-state index contributed by atoms with van der Waals surface area (Å²) < 4.78 is 39.4. The number of halogens is 3. The Hall–Kier alpha value is -2.95. The highest BCUT2D eigenvalue weighted by molar-refractivity contribution is 5.44. The fraction of sp³-hybridized carbons (Fsp3) is 0.412. The standard InChI is InChI=1S/C17H21F3N6O2/c1-25(2)8-4-7-21-16-23-14(17(18,19)20)10-15(24-16)22-11-12-5-3-6-13(9-12)26(27)28/h3,5-6,9-10H,4,7-8,11H2,1-2H3,(H2,21,22,23,24). The number of alkyl halides is 3. The fourth-order valence-electron chi connectivity index (χ4n) is 2.33. The summed E-state index contributed by atoms with van der Waals surface area (Å²) in [5.41, 5.74) is -0.623. The molecule has 0 aliphatic rings. The van der Waals surface area contributed by atoms with Crippen molar-refractivity contribution in [2.24, 2.45) is 0 Å². The van der Waals surface area contributed by atoms with E-state index in [2.05, 4.69) is 20.6 Å². The number of nitrogens with zero attached hydrogens (tertiary/aromatic N) is 4. The van der Waals surface area contributed by atoms with Crippen molar-refractivity contribution in [3.05, 3.63) is 51.7 Å². The Kier molecular flexibility index (Phi) is 7.10. The highest BCUT2D eigenvalue weighted by Crippen LogP contribution is 2.29. The second-order valence-electron chi connectivity index (χ2n) is 6.32. The van der Waals surface area contributed by atoms with E-state index in [4.69, 9.17) is 0 Å². The normalized spacial score (nSPS) is 11.5. The largest absolute Gasteiger partial charge is 0.433 e. The minimum atomic E-state index is -4.62. The Balaban J connectivity index is 2.12. The van der Waals surface area contributed by atoms with Crippen LogP contribution >= 0.6 is 0 Å². The van der Waals surface area contributed by atoms with Crippen LogP contribution in [-0.2, 0) is 12.7 Å². The Labute approximate surface area is 159 Å². The predicted molar refractivity (Wildman–Crippen MR) is 99.1 cm³/mol. The molecule has 2 aromatic rings. The fourth-order valence-corrected chi connectivity index (χ4v) is 2.33. The number of nitro groups is 1. The molecular weight excluding hydrogens is 377 g/mol. The van der Waals surface area contributed by atoms with Crippen molar-refractivity contribution in [2.75, 3.05) is 37.8 Å². The van der Waals surface area contributed by atoms with Gasteiger partial charge in [-0.3, -0.25) is 10.1 Å². The lowest BCUT2D eigenvalue weighted by Gasteiger charge is -2.13. The molecule has 0 saturated carbocycles. The molecule has 152 valence electrons. The zero-order chi connectivity index (χ0) is 20.7. The average Bonchev–Trinajstić information content (AvgIpc) is 2.63. The molecule has 0 atom stereocenters. The van der Waals surface area contributed by atoms with E-state index in [1.165, 1.54) is 18.2 Å². The Morgan fingerprint density at radius 3 is 2.57 bits per heavy atom. The molecule has 1 aromatic heterocycles. The van der Waals surface area contributed by atoms with Crippen molar-refractivity contribution in [1.29, 1.82) is 0 Å². The average molecular weight is 398 g/mol. The van der Waals surface area contributed by atoms with Crippen molar-refractivity contribution in [1.82, 2.24) is 14.9 Å². The number of hydrogen-bond donors (Lipinski definition) is 2. The van der Waals surface area contributed by atoms with Crippen LogP contribution in [0.3, 0.4) is 0 Å². The van der Waals surface area contributed by atoms with Gasteiger partial charge in [-0.1, -0.05) is 12.1 Å².